The number of para-hydroxylation sites is 2. The average molecular weight is 755 g/mol. The molecule has 0 saturated carbocycles. The molecule has 5 heterocycles. The van der Waals surface area contributed by atoms with Crippen LogP contribution < -0.4 is 0 Å². The summed E-state index contributed by atoms with van der Waals surface area (Å²) < 4.78 is 7.17. The van der Waals surface area contributed by atoms with E-state index in [9.17, 15) is 0 Å². The van der Waals surface area contributed by atoms with Gasteiger partial charge in [-0.15, -0.1) is 0 Å². The molecule has 0 aliphatic heterocycles. The second-order valence-electron chi connectivity index (χ2n) is 14.9. The van der Waals surface area contributed by atoms with Gasteiger partial charge in [-0.05, 0) is 60.2 Å². The maximum absolute atomic E-state index is 5.09. The molecule has 12 aromatic rings. The highest BCUT2D eigenvalue weighted by atomic mass is 15.1. The van der Waals surface area contributed by atoms with Crippen molar-refractivity contribution in [2.75, 3.05) is 0 Å². The lowest BCUT2D eigenvalue weighted by Crippen LogP contribution is -2.01. The van der Waals surface area contributed by atoms with E-state index in [1.54, 1.807) is 0 Å². The van der Waals surface area contributed by atoms with E-state index in [1.807, 2.05) is 60.7 Å². The van der Waals surface area contributed by atoms with Crippen molar-refractivity contribution < 1.29 is 0 Å². The van der Waals surface area contributed by atoms with Crippen molar-refractivity contribution in [3.63, 3.8) is 0 Å². The molecule has 0 fully saturated rings. The first-order chi connectivity index (χ1) is 29.3. The quantitative estimate of drug-likeness (QED) is 0.170. The topological polar surface area (TPSA) is 52.9 Å². The number of hydrogen-bond donors (Lipinski definition) is 0. The molecule has 276 valence electrons. The average Bonchev–Trinajstić information content (AvgIpc) is 3.95. The number of fused-ring (bicyclic) bond motifs is 8. The van der Waals surface area contributed by atoms with Gasteiger partial charge < -0.3 is 13.5 Å². The van der Waals surface area contributed by atoms with E-state index in [4.69, 9.17) is 15.0 Å². The lowest BCUT2D eigenvalue weighted by Gasteiger charge is -2.13. The number of nitrogens with zero attached hydrogens (tertiary/aromatic N) is 6. The van der Waals surface area contributed by atoms with Gasteiger partial charge in [-0.3, -0.25) is 0 Å². The van der Waals surface area contributed by atoms with Crippen LogP contribution in [0.15, 0.2) is 206 Å². The third kappa shape index (κ3) is 5.24. The first kappa shape index (κ1) is 33.1. The van der Waals surface area contributed by atoms with E-state index in [0.29, 0.717) is 17.5 Å². The van der Waals surface area contributed by atoms with Gasteiger partial charge in [0.15, 0.2) is 17.5 Å². The lowest BCUT2D eigenvalue weighted by atomic mass is 10.1. The van der Waals surface area contributed by atoms with Gasteiger partial charge in [0.05, 0.1) is 33.3 Å². The summed E-state index contributed by atoms with van der Waals surface area (Å²) in [5, 5.41) is 4.85. The van der Waals surface area contributed by atoms with Crippen molar-refractivity contribution >= 4 is 49.1 Å². The predicted molar refractivity (Wildman–Crippen MR) is 241 cm³/mol. The predicted octanol–water partition coefficient (Wildman–Crippen LogP) is 13.0. The van der Waals surface area contributed by atoms with E-state index in [-0.39, 0.29) is 0 Å². The molecule has 0 unspecified atom stereocenters. The third-order valence-corrected chi connectivity index (χ3v) is 11.5. The Balaban J connectivity index is 1.14. The van der Waals surface area contributed by atoms with Crippen LogP contribution in [0.25, 0.3) is 106 Å². The van der Waals surface area contributed by atoms with Gasteiger partial charge in [0.25, 0.3) is 0 Å². The van der Waals surface area contributed by atoms with Crippen LogP contribution in [0.5, 0.6) is 0 Å². The van der Waals surface area contributed by atoms with Crippen molar-refractivity contribution in [3.05, 3.63) is 206 Å². The molecule has 0 amide bonds. The number of rotatable bonds is 6. The highest BCUT2D eigenvalue weighted by Crippen LogP contribution is 2.44. The molecule has 59 heavy (non-hydrogen) atoms. The maximum atomic E-state index is 5.09. The van der Waals surface area contributed by atoms with Gasteiger partial charge in [0.1, 0.15) is 0 Å². The van der Waals surface area contributed by atoms with Crippen LogP contribution >= 0.6 is 0 Å². The molecule has 0 aliphatic carbocycles. The zero-order valence-electron chi connectivity index (χ0n) is 31.8. The minimum atomic E-state index is 0.618. The Morgan fingerprint density at radius 3 is 1.46 bits per heavy atom. The fourth-order valence-electron chi connectivity index (χ4n) is 8.92. The Morgan fingerprint density at radius 2 is 0.814 bits per heavy atom. The molecule has 0 atom stereocenters. The molecule has 5 aromatic heterocycles. The Bertz CT molecular complexity index is 3430. The summed E-state index contributed by atoms with van der Waals surface area (Å²) in [5.41, 5.74) is 13.0. The van der Waals surface area contributed by atoms with Crippen molar-refractivity contribution in [3.8, 4) is 56.8 Å². The van der Waals surface area contributed by atoms with Gasteiger partial charge in [-0.2, -0.15) is 0 Å². The lowest BCUT2D eigenvalue weighted by molar-refractivity contribution is 1.07. The fraction of sp³-hybridized carbons (Fsp3) is 0. The number of benzene rings is 7. The zero-order chi connectivity index (χ0) is 38.9. The Labute approximate surface area is 339 Å². The Morgan fingerprint density at radius 1 is 0.322 bits per heavy atom. The molecule has 0 aliphatic rings. The van der Waals surface area contributed by atoms with Gasteiger partial charge >= 0.3 is 0 Å². The van der Waals surface area contributed by atoms with Crippen LogP contribution in [0.3, 0.4) is 0 Å². The van der Waals surface area contributed by atoms with E-state index in [1.165, 1.54) is 32.6 Å². The maximum Gasteiger partial charge on any atom is 0.164 e. The molecule has 0 radical (unpaired) electrons. The van der Waals surface area contributed by atoms with Crippen molar-refractivity contribution in [2.24, 2.45) is 0 Å². The van der Waals surface area contributed by atoms with Crippen molar-refractivity contribution in [1.82, 2.24) is 28.5 Å². The molecule has 6 nitrogen and oxygen atoms in total. The highest BCUT2D eigenvalue weighted by molar-refractivity contribution is 6.21. The van der Waals surface area contributed by atoms with Crippen LogP contribution in [0.2, 0.25) is 0 Å². The smallest absolute Gasteiger partial charge is 0.164 e. The first-order valence-electron chi connectivity index (χ1n) is 19.9. The van der Waals surface area contributed by atoms with Gasteiger partial charge in [-0.25, -0.2) is 15.0 Å². The Hall–Kier alpha value is -8.09. The van der Waals surface area contributed by atoms with E-state index >= 15 is 0 Å². The largest absolute Gasteiger partial charge is 0.314 e. The highest BCUT2D eigenvalue weighted by Gasteiger charge is 2.24. The first-order valence-corrected chi connectivity index (χ1v) is 19.9. The van der Waals surface area contributed by atoms with Crippen LogP contribution in [-0.2, 0) is 0 Å². The summed E-state index contributed by atoms with van der Waals surface area (Å²) in [5.74, 6) is 1.89. The molecule has 0 spiro atoms. The molecule has 0 bridgehead atoms. The third-order valence-electron chi connectivity index (χ3n) is 11.5. The SMILES string of the molecule is c1ccc(-c2nc(-c3ccccc3)nc(-c3cccc(-n4c5ccc(-n6c7ccccc7c7ccccc76)cc5c5c(-c6ccccc6)n6ccccc6c54)c3)n2)cc1. The molecule has 6 heteroatoms. The normalized spacial score (nSPS) is 11.7. The van der Waals surface area contributed by atoms with Gasteiger partial charge in [0.2, 0.25) is 0 Å². The zero-order valence-corrected chi connectivity index (χ0v) is 31.8. The van der Waals surface area contributed by atoms with Crippen LogP contribution in [-0.4, -0.2) is 28.5 Å². The summed E-state index contributed by atoms with van der Waals surface area (Å²) in [7, 11) is 0. The minimum absolute atomic E-state index is 0.618. The number of pyridine rings is 1. The van der Waals surface area contributed by atoms with Crippen LogP contribution in [0.1, 0.15) is 0 Å². The summed E-state index contributed by atoms with van der Waals surface area (Å²) in [6, 6.07) is 70.4. The molecule has 7 aromatic carbocycles. The van der Waals surface area contributed by atoms with E-state index in [0.717, 1.165) is 55.9 Å². The summed E-state index contributed by atoms with van der Waals surface area (Å²) in [4.78, 5) is 15.1. The summed E-state index contributed by atoms with van der Waals surface area (Å²) >= 11 is 0. The van der Waals surface area contributed by atoms with Gasteiger partial charge in [0, 0.05) is 55.8 Å². The number of hydrogen-bond acceptors (Lipinski definition) is 3. The Kier molecular flexibility index (Phi) is 7.43. The van der Waals surface area contributed by atoms with Crippen LogP contribution in [0.4, 0.5) is 0 Å². The van der Waals surface area contributed by atoms with Gasteiger partial charge in [-0.1, -0.05) is 146 Å². The standard InChI is InChI=1S/C53H34N6/c1-4-17-35(18-5-1)49-48-43-34-40(58-44-27-12-10-25-41(44)42-26-11-13-28-45(42)58)30-31-46(43)59(50(48)47-29-14-15-32-57(47)49)39-24-16-23-38(33-39)53-55-51(36-19-6-2-7-20-36)54-52(56-53)37-21-8-3-9-22-37/h1-34H. The molecular formula is C53H34N6. The number of aromatic nitrogens is 6. The molecule has 12 rings (SSSR count). The second-order valence-corrected chi connectivity index (χ2v) is 14.9. The van der Waals surface area contributed by atoms with E-state index < -0.39 is 0 Å². The fourth-order valence-corrected chi connectivity index (χ4v) is 8.92. The monoisotopic (exact) mass is 754 g/mol. The molecule has 0 N–H and O–H groups in total. The van der Waals surface area contributed by atoms with Crippen molar-refractivity contribution in [2.45, 2.75) is 0 Å². The van der Waals surface area contributed by atoms with E-state index in [2.05, 4.69) is 159 Å². The summed E-state index contributed by atoms with van der Waals surface area (Å²) in [6.07, 6.45) is 2.18. The molecular weight excluding hydrogens is 721 g/mol. The second kappa shape index (κ2) is 13.3. The summed E-state index contributed by atoms with van der Waals surface area (Å²) in [6.45, 7) is 0. The van der Waals surface area contributed by atoms with Crippen molar-refractivity contribution in [1.29, 1.82) is 0 Å². The minimum Gasteiger partial charge on any atom is -0.314 e. The molecule has 0 saturated heterocycles. The van der Waals surface area contributed by atoms with Crippen LogP contribution in [0, 0.1) is 0 Å².